The van der Waals surface area contributed by atoms with Crippen molar-refractivity contribution in [1.82, 2.24) is 5.32 Å². The zero-order valence-corrected chi connectivity index (χ0v) is 20.4. The van der Waals surface area contributed by atoms with Crippen molar-refractivity contribution in [3.63, 3.8) is 0 Å². The highest BCUT2D eigenvalue weighted by atomic mass is 16.7. The van der Waals surface area contributed by atoms with E-state index in [9.17, 15) is 14.7 Å². The van der Waals surface area contributed by atoms with Crippen LogP contribution in [-0.2, 0) is 25.7 Å². The van der Waals surface area contributed by atoms with Gasteiger partial charge in [0.05, 0.1) is 16.9 Å². The first-order valence-corrected chi connectivity index (χ1v) is 10.5. The number of esters is 2. The van der Waals surface area contributed by atoms with Crippen LogP contribution in [0, 0.1) is 10.8 Å². The standard InChI is InChI=1S/C24H39NO6/c1-22(2,3)20(27)29-14-17-12-16(18(26)13-25-24(7,8)9)10-11-19(17)30-15-31-21(28)23(4,5)6/h10-12,18,25-26H,13-15H2,1-9H3. The molecule has 0 aliphatic carbocycles. The number of β-amino-alcohol motifs (C(OH)–C–C–N with tert-alkyl or cyclic N) is 1. The second kappa shape index (κ2) is 10.5. The number of carbonyl (C=O) groups excluding carboxylic acids is 2. The SMILES string of the molecule is CC(C)(C)NCC(O)c1ccc(OCOC(=O)C(C)(C)C)c(COC(=O)C(C)(C)C)c1. The molecule has 0 bridgehead atoms. The molecule has 7 heteroatoms. The number of carbonyl (C=O) groups is 2. The Morgan fingerprint density at radius 1 is 0.935 bits per heavy atom. The zero-order chi connectivity index (χ0) is 24.0. The van der Waals surface area contributed by atoms with Gasteiger partial charge in [0.25, 0.3) is 0 Å². The van der Waals surface area contributed by atoms with Gasteiger partial charge in [-0.15, -0.1) is 0 Å². The number of nitrogens with one attached hydrogen (secondary N) is 1. The molecule has 0 heterocycles. The van der Waals surface area contributed by atoms with Gasteiger partial charge in [-0.2, -0.15) is 0 Å². The fraction of sp³-hybridized carbons (Fsp3) is 0.667. The minimum atomic E-state index is -0.746. The van der Waals surface area contributed by atoms with Crippen molar-refractivity contribution in [2.45, 2.75) is 80.6 Å². The van der Waals surface area contributed by atoms with Crippen LogP contribution in [0.25, 0.3) is 0 Å². The van der Waals surface area contributed by atoms with Gasteiger partial charge in [-0.3, -0.25) is 9.59 Å². The molecule has 0 saturated heterocycles. The molecular weight excluding hydrogens is 398 g/mol. The maximum Gasteiger partial charge on any atom is 0.314 e. The van der Waals surface area contributed by atoms with Gasteiger partial charge in [-0.1, -0.05) is 6.07 Å². The minimum Gasteiger partial charge on any atom is -0.460 e. The number of rotatable bonds is 8. The van der Waals surface area contributed by atoms with E-state index < -0.39 is 16.9 Å². The predicted molar refractivity (Wildman–Crippen MR) is 119 cm³/mol. The Balaban J connectivity index is 2.98. The van der Waals surface area contributed by atoms with E-state index in [1.165, 1.54) is 0 Å². The summed E-state index contributed by atoms with van der Waals surface area (Å²) in [4.78, 5) is 24.2. The molecule has 0 spiro atoms. The third-order valence-corrected chi connectivity index (χ3v) is 4.28. The Hall–Kier alpha value is -2.12. The monoisotopic (exact) mass is 437 g/mol. The maximum atomic E-state index is 12.2. The van der Waals surface area contributed by atoms with Crippen molar-refractivity contribution < 1.29 is 28.9 Å². The summed E-state index contributed by atoms with van der Waals surface area (Å²) in [6, 6.07) is 5.16. The largest absolute Gasteiger partial charge is 0.460 e. The summed E-state index contributed by atoms with van der Waals surface area (Å²) in [5.74, 6) is -0.311. The molecule has 7 nitrogen and oxygen atoms in total. The summed E-state index contributed by atoms with van der Waals surface area (Å²) in [6.45, 7) is 16.7. The maximum absolute atomic E-state index is 12.2. The number of benzene rings is 1. The fourth-order valence-corrected chi connectivity index (χ4v) is 2.30. The van der Waals surface area contributed by atoms with Gasteiger partial charge in [0, 0.05) is 17.6 Å². The van der Waals surface area contributed by atoms with Crippen molar-refractivity contribution in [3.05, 3.63) is 29.3 Å². The average molecular weight is 438 g/mol. The fourth-order valence-electron chi connectivity index (χ4n) is 2.30. The molecule has 1 rings (SSSR count). The third-order valence-electron chi connectivity index (χ3n) is 4.28. The van der Waals surface area contributed by atoms with E-state index in [1.54, 1.807) is 59.7 Å². The number of aliphatic hydroxyl groups excluding tert-OH is 1. The Bertz CT molecular complexity index is 753. The predicted octanol–water partition coefficient (Wildman–Crippen LogP) is 4.12. The van der Waals surface area contributed by atoms with Gasteiger partial charge in [0.2, 0.25) is 6.79 Å². The van der Waals surface area contributed by atoms with Crippen LogP contribution in [0.4, 0.5) is 0 Å². The van der Waals surface area contributed by atoms with Crippen LogP contribution in [0.5, 0.6) is 5.75 Å². The lowest BCUT2D eigenvalue weighted by molar-refractivity contribution is -0.159. The normalized spacial score (nSPS) is 13.5. The van der Waals surface area contributed by atoms with Gasteiger partial charge in [0.15, 0.2) is 0 Å². The summed E-state index contributed by atoms with van der Waals surface area (Å²) in [5.41, 5.74) is -0.166. The lowest BCUT2D eigenvalue weighted by Gasteiger charge is -2.24. The molecular formula is C24H39NO6. The van der Waals surface area contributed by atoms with Crippen molar-refractivity contribution in [2.24, 2.45) is 10.8 Å². The lowest BCUT2D eigenvalue weighted by atomic mass is 9.97. The first-order chi connectivity index (χ1) is 14.0. The second-order valence-electron chi connectivity index (χ2n) is 10.8. The first-order valence-electron chi connectivity index (χ1n) is 10.5. The molecule has 1 aromatic carbocycles. The van der Waals surface area contributed by atoms with Gasteiger partial charge in [-0.05, 0) is 80.0 Å². The first kappa shape index (κ1) is 26.9. The van der Waals surface area contributed by atoms with E-state index in [-0.39, 0.29) is 30.9 Å². The van der Waals surface area contributed by atoms with E-state index in [0.717, 1.165) is 0 Å². The Morgan fingerprint density at radius 3 is 2.00 bits per heavy atom. The lowest BCUT2D eigenvalue weighted by Crippen LogP contribution is -2.38. The van der Waals surface area contributed by atoms with Crippen molar-refractivity contribution >= 4 is 11.9 Å². The number of ether oxygens (including phenoxy) is 3. The highest BCUT2D eigenvalue weighted by Gasteiger charge is 2.25. The molecule has 0 aliphatic rings. The van der Waals surface area contributed by atoms with Crippen LogP contribution < -0.4 is 10.1 Å². The van der Waals surface area contributed by atoms with E-state index in [1.807, 2.05) is 20.8 Å². The van der Waals surface area contributed by atoms with Crippen molar-refractivity contribution in [3.8, 4) is 5.75 Å². The van der Waals surface area contributed by atoms with Crippen molar-refractivity contribution in [1.29, 1.82) is 0 Å². The number of hydrogen-bond donors (Lipinski definition) is 2. The van der Waals surface area contributed by atoms with Gasteiger partial charge in [0.1, 0.15) is 12.4 Å². The smallest absolute Gasteiger partial charge is 0.314 e. The third kappa shape index (κ3) is 9.70. The van der Waals surface area contributed by atoms with E-state index in [0.29, 0.717) is 23.4 Å². The second-order valence-corrected chi connectivity index (χ2v) is 10.8. The summed E-state index contributed by atoms with van der Waals surface area (Å²) >= 11 is 0. The molecule has 1 aromatic rings. The molecule has 0 saturated carbocycles. The van der Waals surface area contributed by atoms with E-state index in [2.05, 4.69) is 5.32 Å². The molecule has 0 aliphatic heterocycles. The van der Waals surface area contributed by atoms with Crippen LogP contribution in [0.15, 0.2) is 18.2 Å². The summed E-state index contributed by atoms with van der Waals surface area (Å²) < 4.78 is 16.2. The molecule has 0 fully saturated rings. The molecule has 1 unspecified atom stereocenters. The van der Waals surface area contributed by atoms with Crippen LogP contribution >= 0.6 is 0 Å². The molecule has 31 heavy (non-hydrogen) atoms. The van der Waals surface area contributed by atoms with Crippen LogP contribution in [0.2, 0.25) is 0 Å². The average Bonchev–Trinajstić information content (AvgIpc) is 2.62. The van der Waals surface area contributed by atoms with Crippen LogP contribution in [0.1, 0.15) is 79.5 Å². The molecule has 0 amide bonds. The molecule has 176 valence electrons. The highest BCUT2D eigenvalue weighted by molar-refractivity contribution is 5.75. The summed E-state index contributed by atoms with van der Waals surface area (Å²) in [6.07, 6.45) is -0.746. The number of hydrogen-bond acceptors (Lipinski definition) is 7. The Morgan fingerprint density at radius 2 is 1.48 bits per heavy atom. The molecule has 2 N–H and O–H groups in total. The van der Waals surface area contributed by atoms with Crippen LogP contribution in [-0.4, -0.2) is 35.9 Å². The highest BCUT2D eigenvalue weighted by Crippen LogP contribution is 2.26. The zero-order valence-electron chi connectivity index (χ0n) is 20.4. The van der Waals surface area contributed by atoms with Gasteiger partial charge < -0.3 is 24.6 Å². The Labute approximate surface area is 186 Å². The van der Waals surface area contributed by atoms with Gasteiger partial charge in [-0.25, -0.2) is 0 Å². The van der Waals surface area contributed by atoms with Crippen molar-refractivity contribution in [2.75, 3.05) is 13.3 Å². The Kier molecular flexibility index (Phi) is 9.08. The van der Waals surface area contributed by atoms with E-state index in [4.69, 9.17) is 14.2 Å². The minimum absolute atomic E-state index is 0.0219. The topological polar surface area (TPSA) is 94.1 Å². The molecule has 0 radical (unpaired) electrons. The number of aliphatic hydroxyl groups is 1. The van der Waals surface area contributed by atoms with Crippen LogP contribution in [0.3, 0.4) is 0 Å². The quantitative estimate of drug-likeness (QED) is 0.467. The van der Waals surface area contributed by atoms with Gasteiger partial charge >= 0.3 is 11.9 Å². The van der Waals surface area contributed by atoms with E-state index >= 15 is 0 Å². The molecule has 0 aromatic heterocycles. The molecule has 1 atom stereocenters. The summed E-state index contributed by atoms with van der Waals surface area (Å²) in [5, 5.41) is 13.8. The summed E-state index contributed by atoms with van der Waals surface area (Å²) in [7, 11) is 0.